The molecule has 2 atom stereocenters. The first kappa shape index (κ1) is 13.5. The van der Waals surface area contributed by atoms with E-state index in [1.54, 1.807) is 0 Å². The summed E-state index contributed by atoms with van der Waals surface area (Å²) in [4.78, 5) is 21.5. The molecule has 0 aromatic rings. The van der Waals surface area contributed by atoms with Gasteiger partial charge in [0.1, 0.15) is 11.9 Å². The van der Waals surface area contributed by atoms with Crippen molar-refractivity contribution in [3.63, 3.8) is 0 Å². The number of hydrogen-bond donors (Lipinski definition) is 4. The lowest BCUT2D eigenvalue weighted by molar-refractivity contribution is -0.133. The van der Waals surface area contributed by atoms with Crippen LogP contribution in [-0.2, 0) is 9.59 Å². The minimum Gasteiger partial charge on any atom is -0.509 e. The minimum atomic E-state index is -1.55. The number of carboxylic acid groups (broad SMARTS) is 2. The number of carbonyl (C=O) groups is 2. The van der Waals surface area contributed by atoms with E-state index >= 15 is 0 Å². The van der Waals surface area contributed by atoms with Crippen LogP contribution in [0.5, 0.6) is 0 Å². The Morgan fingerprint density at radius 2 is 1.88 bits per heavy atom. The van der Waals surface area contributed by atoms with Crippen molar-refractivity contribution in [1.29, 1.82) is 0 Å². The van der Waals surface area contributed by atoms with Gasteiger partial charge in [0.15, 0.2) is 2.33 Å². The molecule has 1 aliphatic rings. The first-order chi connectivity index (χ1) is 7.19. The zero-order chi connectivity index (χ0) is 12.7. The van der Waals surface area contributed by atoms with Crippen molar-refractivity contribution in [1.82, 2.24) is 0 Å². The van der Waals surface area contributed by atoms with Crippen molar-refractivity contribution >= 4 is 50.5 Å². The molecule has 8 heteroatoms. The van der Waals surface area contributed by atoms with Gasteiger partial charge in [0.25, 0.3) is 0 Å². The lowest BCUT2D eigenvalue weighted by Crippen LogP contribution is -2.40. The maximum absolute atomic E-state index is 10.8. The molecular weight excluding hydrogens is 399 g/mol. The van der Waals surface area contributed by atoms with Crippen LogP contribution in [0.25, 0.3) is 0 Å². The zero-order valence-electron chi connectivity index (χ0n) is 7.52. The monoisotopic (exact) mass is 404 g/mol. The van der Waals surface area contributed by atoms with Crippen LogP contribution >= 0.6 is 38.5 Å². The van der Waals surface area contributed by atoms with E-state index in [1.165, 1.54) is 22.6 Å². The summed E-state index contributed by atoms with van der Waals surface area (Å²) in [5.74, 6) is -3.54. The predicted molar refractivity (Wildman–Crippen MR) is 64.7 cm³/mol. The summed E-state index contributed by atoms with van der Waals surface area (Å²) in [6, 6.07) is 0. The van der Waals surface area contributed by atoms with Crippen molar-refractivity contribution < 1.29 is 30.0 Å². The third kappa shape index (κ3) is 2.09. The van der Waals surface area contributed by atoms with E-state index in [0.29, 0.717) is 0 Å². The van der Waals surface area contributed by atoms with Crippen LogP contribution in [0.15, 0.2) is 23.0 Å². The standard InChI is InChI=1S/C8H6BrIO6/c9-8(10)4(11)2(6(13)14)1-3(5(8)12)7(15)16/h1,4,11-12H,(H,13,14)(H,15,16). The molecular formula is C8H6BrIO6. The van der Waals surface area contributed by atoms with Gasteiger partial charge in [-0.2, -0.15) is 0 Å². The molecule has 0 heterocycles. The molecule has 88 valence electrons. The maximum Gasteiger partial charge on any atom is 0.339 e. The van der Waals surface area contributed by atoms with Gasteiger partial charge in [0.05, 0.1) is 11.1 Å². The molecule has 0 radical (unpaired) electrons. The highest BCUT2D eigenvalue weighted by Crippen LogP contribution is 2.44. The summed E-state index contributed by atoms with van der Waals surface area (Å²) in [7, 11) is 0. The Kier molecular flexibility index (Phi) is 3.65. The fraction of sp³-hybridized carbons (Fsp3) is 0.250. The Bertz CT molecular complexity index is 424. The van der Waals surface area contributed by atoms with Crippen LogP contribution in [-0.4, -0.2) is 40.8 Å². The molecule has 0 saturated carbocycles. The molecule has 0 aromatic heterocycles. The van der Waals surface area contributed by atoms with Gasteiger partial charge < -0.3 is 20.4 Å². The fourth-order valence-electron chi connectivity index (χ4n) is 1.15. The third-order valence-electron chi connectivity index (χ3n) is 1.99. The highest BCUT2D eigenvalue weighted by molar-refractivity contribution is 14.1. The van der Waals surface area contributed by atoms with E-state index in [0.717, 1.165) is 6.08 Å². The molecule has 0 bridgehead atoms. The first-order valence-electron chi connectivity index (χ1n) is 3.87. The second kappa shape index (κ2) is 4.34. The number of alkyl halides is 2. The van der Waals surface area contributed by atoms with Crippen molar-refractivity contribution in [2.45, 2.75) is 8.43 Å². The van der Waals surface area contributed by atoms with E-state index in [4.69, 9.17) is 10.2 Å². The molecule has 0 aromatic carbocycles. The van der Waals surface area contributed by atoms with Crippen LogP contribution in [0.2, 0.25) is 0 Å². The fourth-order valence-corrected chi connectivity index (χ4v) is 2.24. The van der Waals surface area contributed by atoms with Crippen LogP contribution < -0.4 is 0 Å². The second-order valence-corrected chi connectivity index (χ2v) is 7.43. The van der Waals surface area contributed by atoms with Gasteiger partial charge in [0.2, 0.25) is 0 Å². The van der Waals surface area contributed by atoms with Crippen LogP contribution in [0.4, 0.5) is 0 Å². The van der Waals surface area contributed by atoms with E-state index in [9.17, 15) is 19.8 Å². The Morgan fingerprint density at radius 3 is 2.25 bits per heavy atom. The largest absolute Gasteiger partial charge is 0.509 e. The molecule has 0 amide bonds. The number of rotatable bonds is 2. The summed E-state index contributed by atoms with van der Waals surface area (Å²) in [5.41, 5.74) is -1.06. The van der Waals surface area contributed by atoms with Gasteiger partial charge in [-0.15, -0.1) is 0 Å². The molecule has 1 aliphatic carbocycles. The molecule has 6 nitrogen and oxygen atoms in total. The van der Waals surface area contributed by atoms with E-state index in [2.05, 4.69) is 15.9 Å². The van der Waals surface area contributed by atoms with Crippen molar-refractivity contribution in [3.8, 4) is 0 Å². The topological polar surface area (TPSA) is 115 Å². The second-order valence-electron chi connectivity index (χ2n) is 3.00. The van der Waals surface area contributed by atoms with Gasteiger partial charge >= 0.3 is 11.9 Å². The molecule has 0 spiro atoms. The minimum absolute atomic E-state index is 0.499. The van der Waals surface area contributed by atoms with Crippen molar-refractivity contribution in [3.05, 3.63) is 23.0 Å². The Balaban J connectivity index is 3.43. The zero-order valence-corrected chi connectivity index (χ0v) is 11.3. The van der Waals surface area contributed by atoms with E-state index in [-0.39, 0.29) is 0 Å². The number of carboxylic acids is 2. The van der Waals surface area contributed by atoms with Gasteiger partial charge in [0, 0.05) is 0 Å². The van der Waals surface area contributed by atoms with Gasteiger partial charge in [-0.3, -0.25) is 0 Å². The summed E-state index contributed by atoms with van der Waals surface area (Å²) in [6.45, 7) is 0. The average molecular weight is 405 g/mol. The molecule has 0 aliphatic heterocycles. The average Bonchev–Trinajstić information content (AvgIpc) is 2.14. The van der Waals surface area contributed by atoms with Crippen molar-refractivity contribution in [2.24, 2.45) is 0 Å². The summed E-state index contributed by atoms with van der Waals surface area (Å²) < 4.78 is -1.55. The highest BCUT2D eigenvalue weighted by Gasteiger charge is 2.46. The third-order valence-corrected chi connectivity index (χ3v) is 3.90. The lowest BCUT2D eigenvalue weighted by Gasteiger charge is -2.30. The van der Waals surface area contributed by atoms with Gasteiger partial charge in [-0.05, 0) is 6.08 Å². The Hall–Kier alpha value is -0.610. The SMILES string of the molecule is O=C(O)C1=CC(C(=O)O)=C(O)C(Br)(I)C1O. The van der Waals surface area contributed by atoms with Crippen LogP contribution in [0.3, 0.4) is 0 Å². The van der Waals surface area contributed by atoms with Crippen LogP contribution in [0, 0.1) is 0 Å². The summed E-state index contributed by atoms with van der Waals surface area (Å²) >= 11 is 4.43. The molecule has 0 saturated heterocycles. The maximum atomic E-state index is 10.8. The van der Waals surface area contributed by atoms with Gasteiger partial charge in [-0.25, -0.2) is 9.59 Å². The lowest BCUT2D eigenvalue weighted by atomic mass is 9.95. The number of aliphatic hydroxyl groups is 2. The predicted octanol–water partition coefficient (Wildman–Crippen LogP) is 0.795. The molecule has 1 rings (SSSR count). The molecule has 2 unspecified atom stereocenters. The number of hydrogen-bond acceptors (Lipinski definition) is 4. The van der Waals surface area contributed by atoms with E-state index < -0.39 is 37.3 Å². The normalized spacial score (nSPS) is 29.9. The Morgan fingerprint density at radius 1 is 1.38 bits per heavy atom. The molecule has 4 N–H and O–H groups in total. The van der Waals surface area contributed by atoms with Gasteiger partial charge in [-0.1, -0.05) is 38.5 Å². The van der Waals surface area contributed by atoms with E-state index in [1.807, 2.05) is 0 Å². The summed E-state index contributed by atoms with van der Waals surface area (Å²) in [5, 5.41) is 36.8. The highest BCUT2D eigenvalue weighted by atomic mass is 127. The Labute approximate surface area is 112 Å². The molecule has 16 heavy (non-hydrogen) atoms. The first-order valence-corrected chi connectivity index (χ1v) is 5.74. The number of halogens is 2. The smallest absolute Gasteiger partial charge is 0.339 e. The van der Waals surface area contributed by atoms with Crippen molar-refractivity contribution in [2.75, 3.05) is 0 Å². The number of aliphatic carboxylic acids is 2. The molecule has 0 fully saturated rings. The summed E-state index contributed by atoms with van der Waals surface area (Å²) in [6.07, 6.45) is -0.809. The van der Waals surface area contributed by atoms with Crippen LogP contribution in [0.1, 0.15) is 0 Å². The number of aliphatic hydroxyl groups excluding tert-OH is 2. The quantitative estimate of drug-likeness (QED) is 0.399.